The quantitative estimate of drug-likeness (QED) is 0.598. The van der Waals surface area contributed by atoms with Crippen molar-refractivity contribution in [2.45, 2.75) is 18.5 Å². The molecular formula is C17H16FN7. The van der Waals surface area contributed by atoms with E-state index in [2.05, 4.69) is 30.6 Å². The number of benzene rings is 1. The maximum atomic E-state index is 13.7. The molecule has 0 unspecified atom stereocenters. The minimum Gasteiger partial charge on any atom is -0.351 e. The number of aryl methyl sites for hydroxylation is 1. The molecule has 0 spiro atoms. The number of anilines is 1. The van der Waals surface area contributed by atoms with E-state index in [0.717, 1.165) is 33.2 Å². The molecule has 1 fully saturated rings. The maximum Gasteiger partial charge on any atom is 0.224 e. The van der Waals surface area contributed by atoms with E-state index in [9.17, 15) is 4.39 Å². The number of hydrogen-bond donors (Lipinski definition) is 2. The molecule has 4 aromatic rings. The molecule has 3 heterocycles. The molecule has 126 valence electrons. The van der Waals surface area contributed by atoms with Gasteiger partial charge in [0.25, 0.3) is 0 Å². The molecule has 0 atom stereocenters. The van der Waals surface area contributed by atoms with Gasteiger partial charge in [0, 0.05) is 30.4 Å². The molecule has 0 aliphatic heterocycles. The zero-order chi connectivity index (χ0) is 17.0. The number of alkyl halides is 1. The second-order valence-electron chi connectivity index (χ2n) is 6.58. The van der Waals surface area contributed by atoms with E-state index in [-0.39, 0.29) is 6.54 Å². The zero-order valence-electron chi connectivity index (χ0n) is 13.6. The van der Waals surface area contributed by atoms with E-state index in [0.29, 0.717) is 18.8 Å². The molecule has 7 nitrogen and oxygen atoms in total. The van der Waals surface area contributed by atoms with Crippen molar-refractivity contribution in [1.29, 1.82) is 0 Å². The standard InChI is InChI=1S/C17H16FN7/c1-25-14-6-10(2-3-13(14)23-24-25)11-7-19-15-12(11)8-20-16(22-15)21-9-17(18)4-5-17/h2-3,6-8H,4-5,9H2,1H3,(H2,19,20,21,22). The molecule has 0 bridgehead atoms. The Bertz CT molecular complexity index is 1090. The maximum absolute atomic E-state index is 13.7. The highest BCUT2D eigenvalue weighted by Crippen LogP contribution is 2.39. The fraction of sp³-hybridized carbons (Fsp3) is 0.294. The number of halogens is 1. The number of aromatic amines is 1. The number of fused-ring (bicyclic) bond motifs is 2. The molecular weight excluding hydrogens is 321 g/mol. The molecule has 2 N–H and O–H groups in total. The van der Waals surface area contributed by atoms with Gasteiger partial charge in [0.2, 0.25) is 5.95 Å². The van der Waals surface area contributed by atoms with Crippen LogP contribution in [0.4, 0.5) is 10.3 Å². The van der Waals surface area contributed by atoms with E-state index >= 15 is 0 Å². The predicted molar refractivity (Wildman–Crippen MR) is 93.0 cm³/mol. The molecule has 5 rings (SSSR count). The van der Waals surface area contributed by atoms with Gasteiger partial charge in [-0.3, -0.25) is 0 Å². The highest BCUT2D eigenvalue weighted by molar-refractivity contribution is 5.95. The van der Waals surface area contributed by atoms with Crippen LogP contribution in [0.25, 0.3) is 33.2 Å². The average Bonchev–Trinajstić information content (AvgIpc) is 3.05. The van der Waals surface area contributed by atoms with Crippen molar-refractivity contribution in [2.75, 3.05) is 11.9 Å². The number of nitrogens with one attached hydrogen (secondary N) is 2. The fourth-order valence-corrected chi connectivity index (χ4v) is 2.98. The van der Waals surface area contributed by atoms with Gasteiger partial charge < -0.3 is 10.3 Å². The first-order valence-electron chi connectivity index (χ1n) is 8.18. The van der Waals surface area contributed by atoms with Crippen LogP contribution in [0.15, 0.2) is 30.6 Å². The second-order valence-corrected chi connectivity index (χ2v) is 6.58. The number of hydrogen-bond acceptors (Lipinski definition) is 5. The Morgan fingerprint density at radius 2 is 2.24 bits per heavy atom. The largest absolute Gasteiger partial charge is 0.351 e. The molecule has 1 aliphatic carbocycles. The normalized spacial score (nSPS) is 15.8. The monoisotopic (exact) mass is 337 g/mol. The summed E-state index contributed by atoms with van der Waals surface area (Å²) in [7, 11) is 1.87. The smallest absolute Gasteiger partial charge is 0.224 e. The van der Waals surface area contributed by atoms with Gasteiger partial charge in [-0.2, -0.15) is 4.98 Å². The van der Waals surface area contributed by atoms with Crippen LogP contribution >= 0.6 is 0 Å². The first-order chi connectivity index (χ1) is 12.1. The van der Waals surface area contributed by atoms with Crippen LogP contribution < -0.4 is 5.32 Å². The van der Waals surface area contributed by atoms with Crippen molar-refractivity contribution in [3.05, 3.63) is 30.6 Å². The summed E-state index contributed by atoms with van der Waals surface area (Å²) < 4.78 is 15.5. The van der Waals surface area contributed by atoms with E-state index in [1.165, 1.54) is 0 Å². The lowest BCUT2D eigenvalue weighted by atomic mass is 10.1. The lowest BCUT2D eigenvalue weighted by molar-refractivity contribution is 0.326. The minimum atomic E-state index is -1.08. The van der Waals surface area contributed by atoms with Gasteiger partial charge in [-0.1, -0.05) is 11.3 Å². The summed E-state index contributed by atoms with van der Waals surface area (Å²) in [5, 5.41) is 12.0. The summed E-state index contributed by atoms with van der Waals surface area (Å²) in [6.45, 7) is 0.260. The Labute approximate surface area is 142 Å². The fourth-order valence-electron chi connectivity index (χ4n) is 2.98. The molecule has 1 saturated carbocycles. The second kappa shape index (κ2) is 4.98. The lowest BCUT2D eigenvalue weighted by Gasteiger charge is -2.07. The SMILES string of the molecule is Cn1nnc2ccc(-c3c[nH]c4nc(NCC5(F)CC5)ncc34)cc21. The minimum absolute atomic E-state index is 0.260. The third-order valence-corrected chi connectivity index (χ3v) is 4.71. The van der Waals surface area contributed by atoms with Crippen LogP contribution in [0.1, 0.15) is 12.8 Å². The molecule has 0 amide bonds. The highest BCUT2D eigenvalue weighted by atomic mass is 19.1. The van der Waals surface area contributed by atoms with Crippen molar-refractivity contribution in [3.63, 3.8) is 0 Å². The van der Waals surface area contributed by atoms with Gasteiger partial charge in [-0.15, -0.1) is 5.10 Å². The van der Waals surface area contributed by atoms with E-state index in [1.807, 2.05) is 31.4 Å². The summed E-state index contributed by atoms with van der Waals surface area (Å²) in [5.41, 5.74) is 3.51. The van der Waals surface area contributed by atoms with Gasteiger partial charge in [0.1, 0.15) is 16.8 Å². The summed E-state index contributed by atoms with van der Waals surface area (Å²) in [6, 6.07) is 6.00. The van der Waals surface area contributed by atoms with Crippen LogP contribution in [0.3, 0.4) is 0 Å². The van der Waals surface area contributed by atoms with Crippen molar-refractivity contribution >= 4 is 28.0 Å². The number of aromatic nitrogens is 6. The van der Waals surface area contributed by atoms with E-state index in [4.69, 9.17) is 0 Å². The molecule has 1 aliphatic rings. The van der Waals surface area contributed by atoms with Crippen LogP contribution in [-0.2, 0) is 7.05 Å². The highest BCUT2D eigenvalue weighted by Gasteiger charge is 2.43. The zero-order valence-corrected chi connectivity index (χ0v) is 13.6. The van der Waals surface area contributed by atoms with Crippen molar-refractivity contribution in [1.82, 2.24) is 29.9 Å². The molecule has 8 heteroatoms. The van der Waals surface area contributed by atoms with Gasteiger partial charge >= 0.3 is 0 Å². The van der Waals surface area contributed by atoms with Crippen LogP contribution in [0, 0.1) is 0 Å². The third-order valence-electron chi connectivity index (χ3n) is 4.71. The first-order valence-corrected chi connectivity index (χ1v) is 8.18. The summed E-state index contributed by atoms with van der Waals surface area (Å²) in [5.74, 6) is 0.441. The van der Waals surface area contributed by atoms with Gasteiger partial charge in [-0.05, 0) is 30.5 Å². The summed E-state index contributed by atoms with van der Waals surface area (Å²) in [6.07, 6.45) is 4.89. The van der Waals surface area contributed by atoms with Crippen LogP contribution in [0.2, 0.25) is 0 Å². The Hall–Kier alpha value is -3.03. The van der Waals surface area contributed by atoms with Crippen LogP contribution in [0.5, 0.6) is 0 Å². The Morgan fingerprint density at radius 1 is 1.36 bits per heavy atom. The average molecular weight is 337 g/mol. The molecule has 0 saturated heterocycles. The number of rotatable bonds is 4. The van der Waals surface area contributed by atoms with Gasteiger partial charge in [0.05, 0.1) is 12.1 Å². The van der Waals surface area contributed by atoms with E-state index < -0.39 is 5.67 Å². The molecule has 3 aromatic heterocycles. The summed E-state index contributed by atoms with van der Waals surface area (Å²) >= 11 is 0. The summed E-state index contributed by atoms with van der Waals surface area (Å²) in [4.78, 5) is 11.9. The molecule has 25 heavy (non-hydrogen) atoms. The van der Waals surface area contributed by atoms with Crippen molar-refractivity contribution < 1.29 is 4.39 Å². The molecule has 1 aromatic carbocycles. The van der Waals surface area contributed by atoms with Crippen LogP contribution in [-0.4, -0.2) is 42.2 Å². The Morgan fingerprint density at radius 3 is 3.08 bits per heavy atom. The first kappa shape index (κ1) is 14.3. The van der Waals surface area contributed by atoms with Gasteiger partial charge in [0.15, 0.2) is 0 Å². The topological polar surface area (TPSA) is 84.3 Å². The lowest BCUT2D eigenvalue weighted by Crippen LogP contribution is -2.17. The molecule has 0 radical (unpaired) electrons. The van der Waals surface area contributed by atoms with Crippen molar-refractivity contribution in [3.8, 4) is 11.1 Å². The number of nitrogens with zero attached hydrogens (tertiary/aromatic N) is 5. The third kappa shape index (κ3) is 2.41. The Balaban J connectivity index is 1.51. The van der Waals surface area contributed by atoms with E-state index in [1.54, 1.807) is 10.9 Å². The van der Waals surface area contributed by atoms with Gasteiger partial charge in [-0.25, -0.2) is 14.1 Å². The number of H-pyrrole nitrogens is 1. The Kier molecular flexibility index (Phi) is 2.85. The predicted octanol–water partition coefficient (Wildman–Crippen LogP) is 2.82. The van der Waals surface area contributed by atoms with Crippen molar-refractivity contribution in [2.24, 2.45) is 7.05 Å².